The van der Waals surface area contributed by atoms with Crippen LogP contribution in [0, 0.1) is 17.3 Å². The van der Waals surface area contributed by atoms with Crippen LogP contribution in [0.1, 0.15) is 36.7 Å². The van der Waals surface area contributed by atoms with Gasteiger partial charge in [-0.1, -0.05) is 24.0 Å². The van der Waals surface area contributed by atoms with Crippen molar-refractivity contribution < 1.29 is 4.79 Å². The minimum absolute atomic E-state index is 0.0247. The molecule has 0 fully saturated rings. The second-order valence-corrected chi connectivity index (χ2v) is 7.19. The van der Waals surface area contributed by atoms with Crippen LogP contribution in [0.3, 0.4) is 0 Å². The Morgan fingerprint density at radius 1 is 1.15 bits per heavy atom. The van der Waals surface area contributed by atoms with E-state index in [4.69, 9.17) is 0 Å². The first-order chi connectivity index (χ1) is 12.4. The second kappa shape index (κ2) is 7.40. The first-order valence-electron chi connectivity index (χ1n) is 8.58. The average Bonchev–Trinajstić information content (AvgIpc) is 3.12. The van der Waals surface area contributed by atoms with Crippen molar-refractivity contribution in [2.24, 2.45) is 5.41 Å². The van der Waals surface area contributed by atoms with Gasteiger partial charge in [0, 0.05) is 23.1 Å². The number of hydrogen-bond donors (Lipinski definition) is 1. The lowest BCUT2D eigenvalue weighted by molar-refractivity contribution is 0.0952. The summed E-state index contributed by atoms with van der Waals surface area (Å²) in [4.78, 5) is 16.2. The Morgan fingerprint density at radius 3 is 2.65 bits per heavy atom. The number of nitrogens with zero attached hydrogens (tertiary/aromatic N) is 3. The van der Waals surface area contributed by atoms with Gasteiger partial charge in [0.1, 0.15) is 12.7 Å². The third-order valence-corrected chi connectivity index (χ3v) is 3.78. The number of carbonyl (C=O) groups is 1. The van der Waals surface area contributed by atoms with E-state index in [1.54, 1.807) is 11.0 Å². The first kappa shape index (κ1) is 17.7. The number of aromatic nitrogens is 3. The summed E-state index contributed by atoms with van der Waals surface area (Å²) in [7, 11) is 0. The molecular weight excluding hydrogens is 324 g/mol. The standard InChI is InChI=1S/C21H22N4O/c1-21(2,3)9-8-16-4-5-18-13-19(7-6-17(18)12-16)20(26)23-10-11-25-15-22-14-24-25/h4-7,12-15H,10-11H2,1-3H3,(H,23,26). The van der Waals surface area contributed by atoms with Crippen LogP contribution in [-0.2, 0) is 6.54 Å². The Hall–Kier alpha value is -3.13. The number of benzene rings is 2. The van der Waals surface area contributed by atoms with E-state index >= 15 is 0 Å². The molecule has 26 heavy (non-hydrogen) atoms. The molecule has 1 heterocycles. The summed E-state index contributed by atoms with van der Waals surface area (Å²) in [6, 6.07) is 11.8. The van der Waals surface area contributed by atoms with Crippen molar-refractivity contribution in [3.63, 3.8) is 0 Å². The van der Waals surface area contributed by atoms with Crippen molar-refractivity contribution in [3.05, 3.63) is 60.2 Å². The highest BCUT2D eigenvalue weighted by Crippen LogP contribution is 2.18. The van der Waals surface area contributed by atoms with E-state index in [1.807, 2.05) is 30.3 Å². The summed E-state index contributed by atoms with van der Waals surface area (Å²) < 4.78 is 1.68. The lowest BCUT2D eigenvalue weighted by atomic mass is 9.97. The number of carbonyl (C=O) groups excluding carboxylic acids is 1. The molecule has 5 nitrogen and oxygen atoms in total. The van der Waals surface area contributed by atoms with Crippen molar-refractivity contribution in [3.8, 4) is 11.8 Å². The molecule has 0 saturated heterocycles. The fraction of sp³-hybridized carbons (Fsp3) is 0.286. The molecular formula is C21H22N4O. The molecule has 0 atom stereocenters. The van der Waals surface area contributed by atoms with E-state index in [0.717, 1.165) is 16.3 Å². The molecule has 0 radical (unpaired) electrons. The Bertz CT molecular complexity index is 973. The number of hydrogen-bond acceptors (Lipinski definition) is 3. The second-order valence-electron chi connectivity index (χ2n) is 7.19. The smallest absolute Gasteiger partial charge is 0.251 e. The van der Waals surface area contributed by atoms with Crippen LogP contribution in [0.15, 0.2) is 49.1 Å². The molecule has 0 aliphatic heterocycles. The fourth-order valence-corrected chi connectivity index (χ4v) is 2.46. The molecule has 132 valence electrons. The van der Waals surface area contributed by atoms with E-state index in [0.29, 0.717) is 18.7 Å². The maximum absolute atomic E-state index is 12.3. The molecule has 1 amide bonds. The Kier molecular flexibility index (Phi) is 5.04. The van der Waals surface area contributed by atoms with Crippen LogP contribution in [0.4, 0.5) is 0 Å². The van der Waals surface area contributed by atoms with Crippen molar-refractivity contribution in [1.82, 2.24) is 20.1 Å². The molecule has 5 heteroatoms. The van der Waals surface area contributed by atoms with Crippen molar-refractivity contribution >= 4 is 16.7 Å². The zero-order valence-corrected chi connectivity index (χ0v) is 15.3. The van der Waals surface area contributed by atoms with E-state index in [2.05, 4.69) is 54.1 Å². The zero-order chi connectivity index (χ0) is 18.6. The highest BCUT2D eigenvalue weighted by Gasteiger charge is 2.07. The van der Waals surface area contributed by atoms with E-state index in [9.17, 15) is 4.79 Å². The summed E-state index contributed by atoms with van der Waals surface area (Å²) >= 11 is 0. The zero-order valence-electron chi connectivity index (χ0n) is 15.3. The van der Waals surface area contributed by atoms with Gasteiger partial charge in [0.2, 0.25) is 0 Å². The van der Waals surface area contributed by atoms with Gasteiger partial charge in [-0.05, 0) is 55.8 Å². The number of fused-ring (bicyclic) bond motifs is 1. The molecule has 0 saturated carbocycles. The van der Waals surface area contributed by atoms with Gasteiger partial charge in [0.25, 0.3) is 5.91 Å². The molecule has 0 aliphatic rings. The number of nitrogens with one attached hydrogen (secondary N) is 1. The fourth-order valence-electron chi connectivity index (χ4n) is 2.46. The third kappa shape index (κ3) is 4.70. The van der Waals surface area contributed by atoms with Crippen LogP contribution in [0.5, 0.6) is 0 Å². The van der Waals surface area contributed by atoms with Gasteiger partial charge in [0.05, 0.1) is 6.54 Å². The summed E-state index contributed by atoms with van der Waals surface area (Å²) in [5, 5.41) is 9.01. The van der Waals surface area contributed by atoms with Crippen LogP contribution >= 0.6 is 0 Å². The molecule has 0 bridgehead atoms. The maximum atomic E-state index is 12.3. The van der Waals surface area contributed by atoms with Gasteiger partial charge < -0.3 is 5.32 Å². The molecule has 0 aliphatic carbocycles. The Balaban J connectivity index is 1.70. The van der Waals surface area contributed by atoms with Crippen molar-refractivity contribution in [1.29, 1.82) is 0 Å². The molecule has 1 N–H and O–H groups in total. The maximum Gasteiger partial charge on any atom is 0.251 e. The lowest BCUT2D eigenvalue weighted by Gasteiger charge is -2.08. The van der Waals surface area contributed by atoms with Gasteiger partial charge in [-0.15, -0.1) is 0 Å². The monoisotopic (exact) mass is 346 g/mol. The molecule has 0 spiro atoms. The minimum Gasteiger partial charge on any atom is -0.350 e. The van der Waals surface area contributed by atoms with Crippen LogP contribution < -0.4 is 5.32 Å². The number of amides is 1. The molecule has 1 aromatic heterocycles. The summed E-state index contributed by atoms with van der Waals surface area (Å²) in [6.07, 6.45) is 3.10. The van der Waals surface area contributed by atoms with Gasteiger partial charge >= 0.3 is 0 Å². The van der Waals surface area contributed by atoms with Crippen LogP contribution in [0.25, 0.3) is 10.8 Å². The van der Waals surface area contributed by atoms with E-state index in [1.165, 1.54) is 6.33 Å². The first-order valence-corrected chi connectivity index (χ1v) is 8.58. The topological polar surface area (TPSA) is 59.8 Å². The molecule has 3 rings (SSSR count). The van der Waals surface area contributed by atoms with Crippen molar-refractivity contribution in [2.45, 2.75) is 27.3 Å². The molecule has 0 unspecified atom stereocenters. The van der Waals surface area contributed by atoms with Crippen LogP contribution in [0.2, 0.25) is 0 Å². The summed E-state index contributed by atoms with van der Waals surface area (Å²) in [5.74, 6) is 6.36. The minimum atomic E-state index is -0.0939. The van der Waals surface area contributed by atoms with E-state index < -0.39 is 0 Å². The van der Waals surface area contributed by atoms with Crippen molar-refractivity contribution in [2.75, 3.05) is 6.54 Å². The predicted molar refractivity (Wildman–Crippen MR) is 103 cm³/mol. The normalized spacial score (nSPS) is 11.0. The van der Waals surface area contributed by atoms with Gasteiger partial charge in [0.15, 0.2) is 0 Å². The van der Waals surface area contributed by atoms with Gasteiger partial charge in [-0.3, -0.25) is 9.48 Å². The SMILES string of the molecule is CC(C)(C)C#Cc1ccc2cc(C(=O)NCCn3cncn3)ccc2c1. The van der Waals surface area contributed by atoms with Gasteiger partial charge in [-0.25, -0.2) is 4.98 Å². The highest BCUT2D eigenvalue weighted by atomic mass is 16.1. The number of rotatable bonds is 4. The lowest BCUT2D eigenvalue weighted by Crippen LogP contribution is -2.27. The average molecular weight is 346 g/mol. The largest absolute Gasteiger partial charge is 0.350 e. The Labute approximate surface area is 153 Å². The molecule has 3 aromatic rings. The molecule has 2 aromatic carbocycles. The Morgan fingerprint density at radius 2 is 1.92 bits per heavy atom. The third-order valence-electron chi connectivity index (χ3n) is 3.78. The summed E-state index contributed by atoms with van der Waals surface area (Å²) in [5.41, 5.74) is 1.60. The predicted octanol–water partition coefficient (Wildman–Crippen LogP) is 3.26. The quantitative estimate of drug-likeness (QED) is 0.738. The van der Waals surface area contributed by atoms with Crippen LogP contribution in [-0.4, -0.2) is 27.2 Å². The van der Waals surface area contributed by atoms with Gasteiger partial charge in [-0.2, -0.15) is 5.10 Å². The summed E-state index contributed by atoms with van der Waals surface area (Å²) in [6.45, 7) is 7.37. The van der Waals surface area contributed by atoms with E-state index in [-0.39, 0.29) is 11.3 Å². The highest BCUT2D eigenvalue weighted by molar-refractivity contribution is 5.98.